The van der Waals surface area contributed by atoms with Gasteiger partial charge in [0, 0.05) is 25.6 Å². The maximum atomic E-state index is 11.7. The monoisotopic (exact) mass is 278 g/mol. The first-order chi connectivity index (χ1) is 9.58. The van der Waals surface area contributed by atoms with E-state index in [1.807, 2.05) is 31.2 Å². The van der Waals surface area contributed by atoms with Crippen LogP contribution in [-0.2, 0) is 16.1 Å². The molecule has 0 aliphatic carbocycles. The van der Waals surface area contributed by atoms with E-state index in [9.17, 15) is 9.59 Å². The molecule has 0 atom stereocenters. The van der Waals surface area contributed by atoms with E-state index in [4.69, 9.17) is 4.74 Å². The van der Waals surface area contributed by atoms with E-state index in [0.717, 1.165) is 12.0 Å². The highest BCUT2D eigenvalue weighted by molar-refractivity contribution is 5.83. The zero-order chi connectivity index (χ0) is 15.0. The van der Waals surface area contributed by atoms with Crippen LogP contribution < -0.4 is 10.1 Å². The van der Waals surface area contributed by atoms with Gasteiger partial charge in [-0.2, -0.15) is 0 Å². The minimum absolute atomic E-state index is 0.0629. The van der Waals surface area contributed by atoms with Gasteiger partial charge in [-0.1, -0.05) is 25.1 Å². The number of hydrogen-bond donors (Lipinski definition) is 1. The molecule has 1 rings (SSSR count). The first kappa shape index (κ1) is 16.0. The van der Waals surface area contributed by atoms with E-state index in [1.54, 1.807) is 7.11 Å². The number of carbonyl (C=O) groups is 2. The van der Waals surface area contributed by atoms with Crippen molar-refractivity contribution in [3.8, 4) is 5.75 Å². The summed E-state index contributed by atoms with van der Waals surface area (Å²) in [4.78, 5) is 24.9. The van der Waals surface area contributed by atoms with Gasteiger partial charge in [-0.3, -0.25) is 9.59 Å². The molecule has 0 radical (unpaired) electrons. The summed E-state index contributed by atoms with van der Waals surface area (Å²) < 4.78 is 5.26. The molecule has 2 amide bonds. The number of nitrogens with zero attached hydrogens (tertiary/aromatic N) is 1. The lowest BCUT2D eigenvalue weighted by Crippen LogP contribution is -2.39. The van der Waals surface area contributed by atoms with Crippen LogP contribution in [0.5, 0.6) is 5.75 Å². The van der Waals surface area contributed by atoms with Crippen molar-refractivity contribution in [2.75, 3.05) is 20.2 Å². The van der Waals surface area contributed by atoms with E-state index in [0.29, 0.717) is 18.8 Å². The summed E-state index contributed by atoms with van der Waals surface area (Å²) in [6, 6.07) is 7.48. The molecule has 1 N–H and O–H groups in total. The van der Waals surface area contributed by atoms with Crippen molar-refractivity contribution in [2.45, 2.75) is 26.8 Å². The Morgan fingerprint density at radius 2 is 2.00 bits per heavy atom. The molecule has 0 fully saturated rings. The molecule has 0 bridgehead atoms. The predicted octanol–water partition coefficient (Wildman–Crippen LogP) is 1.57. The number of nitrogens with one attached hydrogen (secondary N) is 1. The average Bonchev–Trinajstić information content (AvgIpc) is 2.44. The molecule has 5 heteroatoms. The molecule has 0 spiro atoms. The van der Waals surface area contributed by atoms with Crippen molar-refractivity contribution in [1.29, 1.82) is 0 Å². The Hall–Kier alpha value is -2.04. The zero-order valence-corrected chi connectivity index (χ0v) is 12.3. The van der Waals surface area contributed by atoms with Gasteiger partial charge in [-0.25, -0.2) is 0 Å². The van der Waals surface area contributed by atoms with Gasteiger partial charge >= 0.3 is 0 Å². The van der Waals surface area contributed by atoms with E-state index in [1.165, 1.54) is 11.8 Å². The number of amides is 2. The van der Waals surface area contributed by atoms with Gasteiger partial charge in [0.15, 0.2) is 0 Å². The largest absolute Gasteiger partial charge is 0.496 e. The van der Waals surface area contributed by atoms with E-state index >= 15 is 0 Å². The summed E-state index contributed by atoms with van der Waals surface area (Å²) >= 11 is 0. The highest BCUT2D eigenvalue weighted by atomic mass is 16.5. The van der Waals surface area contributed by atoms with Crippen LogP contribution in [0.3, 0.4) is 0 Å². The highest BCUT2D eigenvalue weighted by Gasteiger charge is 2.15. The minimum Gasteiger partial charge on any atom is -0.496 e. The number of para-hydroxylation sites is 1. The van der Waals surface area contributed by atoms with E-state index < -0.39 is 0 Å². The third-order valence-electron chi connectivity index (χ3n) is 2.91. The second-order valence-corrected chi connectivity index (χ2v) is 4.54. The molecule has 1 aromatic rings. The van der Waals surface area contributed by atoms with Crippen LogP contribution in [-0.4, -0.2) is 36.9 Å². The second kappa shape index (κ2) is 8.19. The van der Waals surface area contributed by atoms with Crippen molar-refractivity contribution in [3.63, 3.8) is 0 Å². The Balaban J connectivity index is 2.72. The summed E-state index contributed by atoms with van der Waals surface area (Å²) in [6.07, 6.45) is 0.873. The highest BCUT2D eigenvalue weighted by Crippen LogP contribution is 2.19. The molecule has 0 saturated carbocycles. The molecule has 0 aliphatic rings. The van der Waals surface area contributed by atoms with Gasteiger partial charge in [-0.15, -0.1) is 0 Å². The Bertz CT molecular complexity index is 460. The third-order valence-corrected chi connectivity index (χ3v) is 2.91. The molecule has 110 valence electrons. The lowest BCUT2D eigenvalue weighted by atomic mass is 10.2. The van der Waals surface area contributed by atoms with Crippen LogP contribution in [0.25, 0.3) is 0 Å². The topological polar surface area (TPSA) is 58.6 Å². The lowest BCUT2D eigenvalue weighted by molar-refractivity contribution is -0.134. The van der Waals surface area contributed by atoms with Crippen LogP contribution >= 0.6 is 0 Å². The number of ether oxygens (including phenoxy) is 1. The third kappa shape index (κ3) is 4.91. The average molecular weight is 278 g/mol. The van der Waals surface area contributed by atoms with Crippen molar-refractivity contribution in [2.24, 2.45) is 0 Å². The fourth-order valence-electron chi connectivity index (χ4n) is 1.81. The fraction of sp³-hybridized carbons (Fsp3) is 0.467. The Kier molecular flexibility index (Phi) is 6.56. The summed E-state index contributed by atoms with van der Waals surface area (Å²) in [5.41, 5.74) is 0.883. The number of carbonyl (C=O) groups excluding carboxylic acids is 2. The first-order valence-electron chi connectivity index (χ1n) is 6.72. The minimum atomic E-state index is -0.142. The van der Waals surface area contributed by atoms with Crippen molar-refractivity contribution in [1.82, 2.24) is 10.2 Å². The number of methoxy groups -OCH3 is 1. The molecule has 0 unspecified atom stereocenters. The van der Waals surface area contributed by atoms with Crippen LogP contribution in [0.15, 0.2) is 24.3 Å². The Labute approximate surface area is 119 Å². The number of rotatable bonds is 7. The quantitative estimate of drug-likeness (QED) is 0.823. The van der Waals surface area contributed by atoms with Gasteiger partial charge in [0.2, 0.25) is 11.8 Å². The molecule has 5 nitrogen and oxygen atoms in total. The number of hydrogen-bond acceptors (Lipinski definition) is 3. The van der Waals surface area contributed by atoms with Gasteiger partial charge in [0.1, 0.15) is 5.75 Å². The molecule has 1 aromatic carbocycles. The van der Waals surface area contributed by atoms with Crippen LogP contribution in [0.2, 0.25) is 0 Å². The molecule has 20 heavy (non-hydrogen) atoms. The summed E-state index contributed by atoms with van der Waals surface area (Å²) in [5.74, 6) is 0.437. The van der Waals surface area contributed by atoms with Gasteiger partial charge in [0.05, 0.1) is 13.7 Å². The normalized spacial score (nSPS) is 9.95. The zero-order valence-electron chi connectivity index (χ0n) is 12.3. The van der Waals surface area contributed by atoms with Crippen molar-refractivity contribution < 1.29 is 14.3 Å². The maximum absolute atomic E-state index is 11.7. The summed E-state index contributed by atoms with van der Waals surface area (Å²) in [7, 11) is 1.59. The molecular weight excluding hydrogens is 256 g/mol. The van der Waals surface area contributed by atoms with Gasteiger partial charge in [0.25, 0.3) is 0 Å². The Morgan fingerprint density at radius 3 is 2.60 bits per heavy atom. The standard InChI is InChI=1S/C15H22N2O3/c1-4-9-16-15(19)11-17(12(2)18)10-13-7-5-6-8-14(13)20-3/h5-8H,4,9-11H2,1-3H3,(H,16,19). The molecule has 0 saturated heterocycles. The van der Waals surface area contributed by atoms with E-state index in [-0.39, 0.29) is 18.4 Å². The van der Waals surface area contributed by atoms with Crippen LogP contribution in [0.4, 0.5) is 0 Å². The Morgan fingerprint density at radius 1 is 1.30 bits per heavy atom. The van der Waals surface area contributed by atoms with Crippen LogP contribution in [0.1, 0.15) is 25.8 Å². The fourth-order valence-corrected chi connectivity index (χ4v) is 1.81. The maximum Gasteiger partial charge on any atom is 0.239 e. The molecule has 0 heterocycles. The van der Waals surface area contributed by atoms with Gasteiger partial charge in [-0.05, 0) is 12.5 Å². The molecule has 0 aliphatic heterocycles. The lowest BCUT2D eigenvalue weighted by Gasteiger charge is -2.21. The summed E-state index contributed by atoms with van der Waals surface area (Å²) in [5, 5.41) is 2.77. The van der Waals surface area contributed by atoms with Crippen LogP contribution in [0, 0.1) is 0 Å². The van der Waals surface area contributed by atoms with E-state index in [2.05, 4.69) is 5.32 Å². The number of benzene rings is 1. The predicted molar refractivity (Wildman–Crippen MR) is 77.4 cm³/mol. The summed E-state index contributed by atoms with van der Waals surface area (Å²) in [6.45, 7) is 4.49. The van der Waals surface area contributed by atoms with Gasteiger partial charge < -0.3 is 15.0 Å². The first-order valence-corrected chi connectivity index (χ1v) is 6.72. The van der Waals surface area contributed by atoms with Crippen molar-refractivity contribution in [3.05, 3.63) is 29.8 Å². The molecule has 0 aromatic heterocycles. The smallest absolute Gasteiger partial charge is 0.239 e. The SMILES string of the molecule is CCCNC(=O)CN(Cc1ccccc1OC)C(C)=O. The molecular formula is C15H22N2O3. The second-order valence-electron chi connectivity index (χ2n) is 4.54. The van der Waals surface area contributed by atoms with Crippen molar-refractivity contribution >= 4 is 11.8 Å².